The minimum Gasteiger partial charge on any atom is -0.504 e. The van der Waals surface area contributed by atoms with Gasteiger partial charge in [0.2, 0.25) is 0 Å². The molecule has 2 N–H and O–H groups in total. The van der Waals surface area contributed by atoms with Gasteiger partial charge in [-0.1, -0.05) is 32.8 Å². The maximum absolute atomic E-state index is 11.9. The predicted molar refractivity (Wildman–Crippen MR) is 71.1 cm³/mol. The SMILES string of the molecule is CCC(CC)CNC(=O)c1cccc(OC)c1O. The highest BCUT2D eigenvalue weighted by Crippen LogP contribution is 2.29. The summed E-state index contributed by atoms with van der Waals surface area (Å²) in [5.41, 5.74) is 0.250. The zero-order valence-electron chi connectivity index (χ0n) is 11.2. The van der Waals surface area contributed by atoms with Crippen molar-refractivity contribution in [2.45, 2.75) is 26.7 Å². The largest absolute Gasteiger partial charge is 0.504 e. The Morgan fingerprint density at radius 2 is 2.06 bits per heavy atom. The fourth-order valence-corrected chi connectivity index (χ4v) is 1.78. The minimum absolute atomic E-state index is 0.109. The third-order valence-electron chi connectivity index (χ3n) is 3.17. The van der Waals surface area contributed by atoms with Gasteiger partial charge in [0.15, 0.2) is 11.5 Å². The highest BCUT2D eigenvalue weighted by Gasteiger charge is 2.15. The molecule has 0 bridgehead atoms. The van der Waals surface area contributed by atoms with E-state index >= 15 is 0 Å². The van der Waals surface area contributed by atoms with Gasteiger partial charge < -0.3 is 15.2 Å². The Morgan fingerprint density at radius 1 is 1.39 bits per heavy atom. The van der Waals surface area contributed by atoms with Gasteiger partial charge in [-0.2, -0.15) is 0 Å². The fourth-order valence-electron chi connectivity index (χ4n) is 1.78. The number of rotatable bonds is 6. The van der Waals surface area contributed by atoms with Crippen molar-refractivity contribution in [2.24, 2.45) is 5.92 Å². The first-order valence-electron chi connectivity index (χ1n) is 6.28. The van der Waals surface area contributed by atoms with E-state index in [1.165, 1.54) is 7.11 Å². The number of carbonyl (C=O) groups is 1. The van der Waals surface area contributed by atoms with E-state index < -0.39 is 0 Å². The van der Waals surface area contributed by atoms with Crippen molar-refractivity contribution >= 4 is 5.91 Å². The summed E-state index contributed by atoms with van der Waals surface area (Å²) in [5.74, 6) is 0.409. The Labute approximate surface area is 108 Å². The number of methoxy groups -OCH3 is 1. The molecule has 1 amide bonds. The van der Waals surface area contributed by atoms with Crippen LogP contribution in [0.4, 0.5) is 0 Å². The molecule has 0 saturated heterocycles. The molecule has 0 aliphatic carbocycles. The molecule has 1 rings (SSSR count). The van der Waals surface area contributed by atoms with E-state index in [0.717, 1.165) is 12.8 Å². The van der Waals surface area contributed by atoms with Crippen LogP contribution in [-0.4, -0.2) is 24.7 Å². The van der Waals surface area contributed by atoms with Crippen LogP contribution in [0.1, 0.15) is 37.0 Å². The van der Waals surface area contributed by atoms with Crippen LogP contribution in [0.2, 0.25) is 0 Å². The van der Waals surface area contributed by atoms with E-state index in [9.17, 15) is 9.90 Å². The summed E-state index contributed by atoms with van der Waals surface area (Å²) in [4.78, 5) is 11.9. The van der Waals surface area contributed by atoms with E-state index in [0.29, 0.717) is 18.2 Å². The predicted octanol–water partition coefficient (Wildman–Crippen LogP) is 2.57. The summed E-state index contributed by atoms with van der Waals surface area (Å²) < 4.78 is 4.97. The van der Waals surface area contributed by atoms with Crippen molar-refractivity contribution in [1.82, 2.24) is 5.32 Å². The fraction of sp³-hybridized carbons (Fsp3) is 0.500. The van der Waals surface area contributed by atoms with Gasteiger partial charge in [-0.3, -0.25) is 4.79 Å². The minimum atomic E-state index is -0.265. The number of nitrogens with one attached hydrogen (secondary N) is 1. The third-order valence-corrected chi connectivity index (χ3v) is 3.17. The number of ether oxygens (including phenoxy) is 1. The lowest BCUT2D eigenvalue weighted by Crippen LogP contribution is -2.29. The van der Waals surface area contributed by atoms with Gasteiger partial charge in [-0.15, -0.1) is 0 Å². The zero-order valence-corrected chi connectivity index (χ0v) is 11.2. The number of carbonyl (C=O) groups excluding carboxylic acids is 1. The maximum Gasteiger partial charge on any atom is 0.255 e. The number of phenols is 1. The van der Waals surface area contributed by atoms with Gasteiger partial charge in [0.1, 0.15) is 0 Å². The van der Waals surface area contributed by atoms with Crippen LogP contribution >= 0.6 is 0 Å². The summed E-state index contributed by atoms with van der Waals surface area (Å²) in [7, 11) is 1.46. The number of phenolic OH excluding ortho intramolecular Hbond substituents is 1. The van der Waals surface area contributed by atoms with Gasteiger partial charge in [0.25, 0.3) is 5.91 Å². The highest BCUT2D eigenvalue weighted by molar-refractivity contribution is 5.97. The molecule has 4 heteroatoms. The molecule has 0 aliphatic heterocycles. The van der Waals surface area contributed by atoms with Crippen molar-refractivity contribution < 1.29 is 14.6 Å². The molecule has 0 aliphatic rings. The number of para-hydroxylation sites is 1. The Bertz CT molecular complexity index is 400. The molecule has 0 spiro atoms. The van der Waals surface area contributed by atoms with Gasteiger partial charge in [-0.25, -0.2) is 0 Å². The quantitative estimate of drug-likeness (QED) is 0.817. The summed E-state index contributed by atoms with van der Waals surface area (Å²) in [5, 5.41) is 12.7. The zero-order chi connectivity index (χ0) is 13.5. The van der Waals surface area contributed by atoms with E-state index in [1.807, 2.05) is 0 Å². The van der Waals surface area contributed by atoms with Crippen LogP contribution in [0.5, 0.6) is 11.5 Å². The molecule has 0 heterocycles. The molecule has 1 aromatic rings. The molecule has 4 nitrogen and oxygen atoms in total. The van der Waals surface area contributed by atoms with Crippen molar-refractivity contribution in [3.63, 3.8) is 0 Å². The van der Waals surface area contributed by atoms with Crippen LogP contribution < -0.4 is 10.1 Å². The second-order valence-corrected chi connectivity index (χ2v) is 4.25. The summed E-state index contributed by atoms with van der Waals surface area (Å²) in [6, 6.07) is 4.89. The van der Waals surface area contributed by atoms with Gasteiger partial charge in [0.05, 0.1) is 12.7 Å². The molecular formula is C14H21NO3. The number of benzene rings is 1. The van der Waals surface area contributed by atoms with Crippen molar-refractivity contribution in [3.05, 3.63) is 23.8 Å². The molecule has 0 radical (unpaired) electrons. The van der Waals surface area contributed by atoms with Crippen molar-refractivity contribution in [2.75, 3.05) is 13.7 Å². The van der Waals surface area contributed by atoms with Crippen LogP contribution in [0.3, 0.4) is 0 Å². The van der Waals surface area contributed by atoms with E-state index in [4.69, 9.17) is 4.74 Å². The molecule has 18 heavy (non-hydrogen) atoms. The highest BCUT2D eigenvalue weighted by atomic mass is 16.5. The number of hydrogen-bond donors (Lipinski definition) is 2. The molecule has 0 unspecified atom stereocenters. The smallest absolute Gasteiger partial charge is 0.255 e. The average molecular weight is 251 g/mol. The first-order chi connectivity index (χ1) is 8.63. The van der Waals surface area contributed by atoms with Crippen LogP contribution in [0.25, 0.3) is 0 Å². The standard InChI is InChI=1S/C14H21NO3/c1-4-10(5-2)9-15-14(17)11-7-6-8-12(18-3)13(11)16/h6-8,10,16H,4-5,9H2,1-3H3,(H,15,17). The Morgan fingerprint density at radius 3 is 2.61 bits per heavy atom. The molecular weight excluding hydrogens is 230 g/mol. The molecule has 0 aromatic heterocycles. The Balaban J connectivity index is 2.73. The Hall–Kier alpha value is -1.71. The number of hydrogen-bond acceptors (Lipinski definition) is 3. The second-order valence-electron chi connectivity index (χ2n) is 4.25. The molecule has 0 atom stereocenters. The molecule has 1 aromatic carbocycles. The van der Waals surface area contributed by atoms with E-state index in [1.54, 1.807) is 18.2 Å². The van der Waals surface area contributed by atoms with Crippen LogP contribution in [-0.2, 0) is 0 Å². The first kappa shape index (κ1) is 14.4. The lowest BCUT2D eigenvalue weighted by molar-refractivity contribution is 0.0943. The third kappa shape index (κ3) is 3.39. The molecule has 0 fully saturated rings. The summed E-state index contributed by atoms with van der Waals surface area (Å²) >= 11 is 0. The first-order valence-corrected chi connectivity index (χ1v) is 6.28. The summed E-state index contributed by atoms with van der Waals surface area (Å²) in [6.07, 6.45) is 2.06. The van der Waals surface area contributed by atoms with Crippen LogP contribution in [0, 0.1) is 5.92 Å². The monoisotopic (exact) mass is 251 g/mol. The normalized spacial score (nSPS) is 10.4. The average Bonchev–Trinajstić information content (AvgIpc) is 2.40. The van der Waals surface area contributed by atoms with Gasteiger partial charge in [0, 0.05) is 6.54 Å². The molecule has 0 saturated carbocycles. The molecule has 100 valence electrons. The second kappa shape index (κ2) is 6.89. The van der Waals surface area contributed by atoms with Crippen molar-refractivity contribution in [1.29, 1.82) is 0 Å². The van der Waals surface area contributed by atoms with Crippen molar-refractivity contribution in [3.8, 4) is 11.5 Å². The van der Waals surface area contributed by atoms with Gasteiger partial charge >= 0.3 is 0 Å². The maximum atomic E-state index is 11.9. The van der Waals surface area contributed by atoms with Crippen LogP contribution in [0.15, 0.2) is 18.2 Å². The summed E-state index contributed by atoms with van der Waals surface area (Å²) in [6.45, 7) is 4.83. The topological polar surface area (TPSA) is 58.6 Å². The number of amides is 1. The number of aromatic hydroxyl groups is 1. The lowest BCUT2D eigenvalue weighted by atomic mass is 10.0. The van der Waals surface area contributed by atoms with E-state index in [-0.39, 0.29) is 17.2 Å². The van der Waals surface area contributed by atoms with Gasteiger partial charge in [-0.05, 0) is 18.1 Å². The lowest BCUT2D eigenvalue weighted by Gasteiger charge is -2.14. The Kier molecular flexibility index (Phi) is 5.49. The van der Waals surface area contributed by atoms with E-state index in [2.05, 4.69) is 19.2 Å².